The van der Waals surface area contributed by atoms with Crippen LogP contribution in [0.15, 0.2) is 30.3 Å². The van der Waals surface area contributed by atoms with Crippen LogP contribution in [0.2, 0.25) is 0 Å². The summed E-state index contributed by atoms with van der Waals surface area (Å²) in [6, 6.07) is 10.8. The van der Waals surface area contributed by atoms with E-state index in [2.05, 4.69) is 33.7 Å². The van der Waals surface area contributed by atoms with Gasteiger partial charge in [-0.05, 0) is 49.4 Å². The normalized spacial score (nSPS) is 20.0. The minimum Gasteiger partial charge on any atom is -0.497 e. The lowest BCUT2D eigenvalue weighted by Crippen LogP contribution is -2.23. The molecule has 0 unspecified atom stereocenters. The van der Waals surface area contributed by atoms with E-state index in [9.17, 15) is 0 Å². The van der Waals surface area contributed by atoms with Crippen LogP contribution in [0.4, 0.5) is 5.82 Å². The fraction of sp³-hybridized carbons (Fsp3) is 0.500. The van der Waals surface area contributed by atoms with Crippen molar-refractivity contribution in [2.75, 3.05) is 19.0 Å². The number of rotatable bonds is 5. The average molecular weight is 339 g/mol. The van der Waals surface area contributed by atoms with Crippen molar-refractivity contribution in [1.29, 1.82) is 0 Å². The molecule has 25 heavy (non-hydrogen) atoms. The molecular formula is C20H25N3O2. The smallest absolute Gasteiger partial charge is 0.148 e. The Morgan fingerprint density at radius 3 is 2.80 bits per heavy atom. The molecule has 0 spiro atoms. The predicted molar refractivity (Wildman–Crippen MR) is 97.3 cm³/mol. The maximum Gasteiger partial charge on any atom is 0.148 e. The summed E-state index contributed by atoms with van der Waals surface area (Å²) in [6.07, 6.45) is 7.02. The zero-order valence-electron chi connectivity index (χ0n) is 14.7. The molecule has 0 saturated heterocycles. The highest BCUT2D eigenvalue weighted by molar-refractivity contribution is 5.42. The van der Waals surface area contributed by atoms with Gasteiger partial charge in [-0.3, -0.25) is 0 Å². The minimum atomic E-state index is 0.434. The highest BCUT2D eigenvalue weighted by Crippen LogP contribution is 2.32. The lowest BCUT2D eigenvalue weighted by molar-refractivity contribution is 0.219. The second-order valence-corrected chi connectivity index (χ2v) is 7.09. The molecule has 1 aromatic carbocycles. The third kappa shape index (κ3) is 3.86. The molecule has 2 heterocycles. The first-order valence-electron chi connectivity index (χ1n) is 9.19. The summed E-state index contributed by atoms with van der Waals surface area (Å²) in [5, 5.41) is 12.3. The summed E-state index contributed by atoms with van der Waals surface area (Å²) in [5.41, 5.74) is 2.27. The van der Waals surface area contributed by atoms with Crippen LogP contribution in [0.3, 0.4) is 0 Å². The van der Waals surface area contributed by atoms with Crippen molar-refractivity contribution >= 4 is 5.82 Å². The number of nitrogens with zero attached hydrogens (tertiary/aromatic N) is 2. The number of hydrogen-bond donors (Lipinski definition) is 1. The Labute approximate surface area is 148 Å². The van der Waals surface area contributed by atoms with Gasteiger partial charge in [0.05, 0.1) is 19.4 Å². The van der Waals surface area contributed by atoms with Gasteiger partial charge in [0.15, 0.2) is 0 Å². The maximum absolute atomic E-state index is 5.92. The lowest BCUT2D eigenvalue weighted by Gasteiger charge is -2.25. The Balaban J connectivity index is 1.35. The Morgan fingerprint density at radius 1 is 1.16 bits per heavy atom. The number of nitrogens with one attached hydrogen (secondary N) is 1. The third-order valence-electron chi connectivity index (χ3n) is 5.18. The van der Waals surface area contributed by atoms with Crippen molar-refractivity contribution in [1.82, 2.24) is 10.2 Å². The molecule has 0 radical (unpaired) electrons. The van der Waals surface area contributed by atoms with E-state index in [4.69, 9.17) is 9.47 Å². The maximum atomic E-state index is 5.92. The highest BCUT2D eigenvalue weighted by atomic mass is 16.5. The average Bonchev–Trinajstić information content (AvgIpc) is 3.16. The van der Waals surface area contributed by atoms with E-state index in [1.54, 1.807) is 7.11 Å². The number of benzene rings is 1. The molecule has 1 N–H and O–H groups in total. The zero-order chi connectivity index (χ0) is 17.1. The van der Waals surface area contributed by atoms with E-state index in [0.29, 0.717) is 18.6 Å². The second kappa shape index (κ2) is 7.30. The highest BCUT2D eigenvalue weighted by Gasteiger charge is 2.21. The molecule has 1 aromatic heterocycles. The summed E-state index contributed by atoms with van der Waals surface area (Å²) in [7, 11) is 1.68. The Morgan fingerprint density at radius 2 is 2.04 bits per heavy atom. The predicted octanol–water partition coefficient (Wildman–Crippen LogP) is 3.63. The summed E-state index contributed by atoms with van der Waals surface area (Å²) in [4.78, 5) is 0. The van der Waals surface area contributed by atoms with Gasteiger partial charge in [-0.1, -0.05) is 18.9 Å². The van der Waals surface area contributed by atoms with Crippen LogP contribution < -0.4 is 14.8 Å². The molecule has 1 aliphatic heterocycles. The van der Waals surface area contributed by atoms with E-state index in [0.717, 1.165) is 35.9 Å². The first kappa shape index (κ1) is 16.2. The van der Waals surface area contributed by atoms with Crippen molar-refractivity contribution in [2.45, 2.75) is 44.6 Å². The molecule has 5 heteroatoms. The van der Waals surface area contributed by atoms with Crippen LogP contribution >= 0.6 is 0 Å². The summed E-state index contributed by atoms with van der Waals surface area (Å²) < 4.78 is 11.2. The van der Waals surface area contributed by atoms with E-state index in [1.807, 2.05) is 12.1 Å². The van der Waals surface area contributed by atoms with Crippen LogP contribution in [0.1, 0.15) is 36.9 Å². The molecule has 2 aliphatic rings. The second-order valence-electron chi connectivity index (χ2n) is 7.09. The summed E-state index contributed by atoms with van der Waals surface area (Å²) in [5.74, 6) is 3.11. The van der Waals surface area contributed by atoms with Crippen LogP contribution in [-0.4, -0.2) is 30.0 Å². The molecule has 132 valence electrons. The molecule has 1 aliphatic carbocycles. The van der Waals surface area contributed by atoms with Crippen molar-refractivity contribution in [3.63, 3.8) is 0 Å². The fourth-order valence-electron chi connectivity index (χ4n) is 3.79. The van der Waals surface area contributed by atoms with Gasteiger partial charge in [0, 0.05) is 18.0 Å². The number of anilines is 1. The standard InChI is InChI=1S/C20H25N3O2/c1-24-18-8-6-15-10-14(13-25-19(15)12-18)11-17-7-9-20(23-22-17)21-16-4-2-3-5-16/h6-9,12,14,16H,2-5,10-11,13H2,1H3,(H,21,23)/t14-/m1/s1. The molecule has 1 saturated carbocycles. The van der Waals surface area contributed by atoms with Crippen LogP contribution in [0, 0.1) is 5.92 Å². The van der Waals surface area contributed by atoms with E-state index in [-0.39, 0.29) is 0 Å². The summed E-state index contributed by atoms with van der Waals surface area (Å²) >= 11 is 0. The van der Waals surface area contributed by atoms with Crippen molar-refractivity contribution in [3.05, 3.63) is 41.6 Å². The fourth-order valence-corrected chi connectivity index (χ4v) is 3.79. The Bertz CT molecular complexity index is 711. The molecule has 5 nitrogen and oxygen atoms in total. The van der Waals surface area contributed by atoms with Gasteiger partial charge in [-0.15, -0.1) is 5.10 Å². The first-order valence-corrected chi connectivity index (χ1v) is 9.19. The van der Waals surface area contributed by atoms with Gasteiger partial charge in [0.25, 0.3) is 0 Å². The van der Waals surface area contributed by atoms with Crippen molar-refractivity contribution in [3.8, 4) is 11.5 Å². The van der Waals surface area contributed by atoms with Crippen molar-refractivity contribution in [2.24, 2.45) is 5.92 Å². The van der Waals surface area contributed by atoms with Crippen molar-refractivity contribution < 1.29 is 9.47 Å². The number of methoxy groups -OCH3 is 1. The molecule has 4 rings (SSSR count). The zero-order valence-corrected chi connectivity index (χ0v) is 14.7. The topological polar surface area (TPSA) is 56.3 Å². The van der Waals surface area contributed by atoms with Gasteiger partial charge in [-0.25, -0.2) is 0 Å². The van der Waals surface area contributed by atoms with Gasteiger partial charge < -0.3 is 14.8 Å². The summed E-state index contributed by atoms with van der Waals surface area (Å²) in [6.45, 7) is 0.712. The van der Waals surface area contributed by atoms with E-state index < -0.39 is 0 Å². The molecule has 0 amide bonds. The van der Waals surface area contributed by atoms with E-state index >= 15 is 0 Å². The largest absolute Gasteiger partial charge is 0.497 e. The van der Waals surface area contributed by atoms with Gasteiger partial charge in [0.2, 0.25) is 0 Å². The minimum absolute atomic E-state index is 0.434. The lowest BCUT2D eigenvalue weighted by atomic mass is 9.92. The quantitative estimate of drug-likeness (QED) is 0.901. The number of aromatic nitrogens is 2. The Kier molecular flexibility index (Phi) is 4.72. The third-order valence-corrected chi connectivity index (χ3v) is 5.18. The SMILES string of the molecule is COc1ccc2c(c1)OC[C@@H](Cc1ccc(NC3CCCC3)nn1)C2. The van der Waals surface area contributed by atoms with Gasteiger partial charge >= 0.3 is 0 Å². The molecule has 1 atom stereocenters. The number of fused-ring (bicyclic) bond motifs is 1. The van der Waals surface area contributed by atoms with Crippen LogP contribution in [0.5, 0.6) is 11.5 Å². The van der Waals surface area contributed by atoms with Gasteiger partial charge in [-0.2, -0.15) is 5.10 Å². The molecule has 2 aromatic rings. The number of ether oxygens (including phenoxy) is 2. The number of hydrogen-bond acceptors (Lipinski definition) is 5. The van der Waals surface area contributed by atoms with Gasteiger partial charge in [0.1, 0.15) is 17.3 Å². The molecule has 0 bridgehead atoms. The first-order chi connectivity index (χ1) is 12.3. The van der Waals surface area contributed by atoms with Crippen LogP contribution in [0.25, 0.3) is 0 Å². The molecule has 1 fully saturated rings. The van der Waals surface area contributed by atoms with E-state index in [1.165, 1.54) is 31.2 Å². The monoisotopic (exact) mass is 339 g/mol. The Hall–Kier alpha value is -2.30. The molecular weight excluding hydrogens is 314 g/mol. The van der Waals surface area contributed by atoms with Crippen LogP contribution in [-0.2, 0) is 12.8 Å².